The molecule has 1 aliphatic heterocycles. The van der Waals surface area contributed by atoms with E-state index in [0.29, 0.717) is 6.54 Å². The minimum atomic E-state index is -0.196. The fourth-order valence-electron chi connectivity index (χ4n) is 3.28. The molecular weight excluding hydrogens is 340 g/mol. The van der Waals surface area contributed by atoms with Gasteiger partial charge in [0, 0.05) is 25.0 Å². The van der Waals surface area contributed by atoms with Gasteiger partial charge in [0.2, 0.25) is 0 Å². The Balaban J connectivity index is 1.48. The molecule has 0 bridgehead atoms. The molecule has 1 atom stereocenters. The summed E-state index contributed by atoms with van der Waals surface area (Å²) < 4.78 is 2.07. The van der Waals surface area contributed by atoms with E-state index < -0.39 is 0 Å². The normalized spacial score (nSPS) is 15.2. The molecule has 2 amide bonds. The lowest BCUT2D eigenvalue weighted by molar-refractivity contribution is 0.210. The van der Waals surface area contributed by atoms with Crippen LogP contribution in [0, 0.1) is 6.92 Å². The molecule has 0 aromatic carbocycles. The highest BCUT2D eigenvalue weighted by Crippen LogP contribution is 2.14. The highest BCUT2D eigenvalue weighted by molar-refractivity contribution is 5.74. The van der Waals surface area contributed by atoms with Crippen LogP contribution in [0.2, 0.25) is 0 Å². The molecule has 146 valence electrons. The van der Waals surface area contributed by atoms with Crippen LogP contribution in [0.1, 0.15) is 55.4 Å². The first-order chi connectivity index (χ1) is 13.0. The molecular formula is C20H30N6O. The SMILES string of the molecule is CCCCN1CCn2nc(CNC(=O)NC(C)c3ccc(C)nc3)cc2C1. The molecule has 0 aliphatic carbocycles. The van der Waals surface area contributed by atoms with Gasteiger partial charge >= 0.3 is 6.03 Å². The van der Waals surface area contributed by atoms with Gasteiger partial charge in [-0.1, -0.05) is 19.4 Å². The monoisotopic (exact) mass is 370 g/mol. The molecule has 3 rings (SSSR count). The largest absolute Gasteiger partial charge is 0.332 e. The number of rotatable bonds is 7. The number of amides is 2. The second-order valence-corrected chi connectivity index (χ2v) is 7.26. The summed E-state index contributed by atoms with van der Waals surface area (Å²) in [5.74, 6) is 0. The summed E-state index contributed by atoms with van der Waals surface area (Å²) in [5.41, 5.74) is 4.09. The molecule has 0 radical (unpaired) electrons. The summed E-state index contributed by atoms with van der Waals surface area (Å²) in [7, 11) is 0. The number of hydrogen-bond donors (Lipinski definition) is 2. The lowest BCUT2D eigenvalue weighted by Gasteiger charge is -2.27. The van der Waals surface area contributed by atoms with E-state index in [2.05, 4.69) is 43.3 Å². The number of nitrogens with zero attached hydrogens (tertiary/aromatic N) is 4. The molecule has 0 saturated heterocycles. The fourth-order valence-corrected chi connectivity index (χ4v) is 3.28. The van der Waals surface area contributed by atoms with Crippen molar-refractivity contribution in [3.05, 3.63) is 47.0 Å². The highest BCUT2D eigenvalue weighted by Gasteiger charge is 2.18. The van der Waals surface area contributed by atoms with Crippen molar-refractivity contribution in [2.75, 3.05) is 13.1 Å². The van der Waals surface area contributed by atoms with Crippen LogP contribution in [0.15, 0.2) is 24.4 Å². The Labute approximate surface area is 161 Å². The number of hydrogen-bond acceptors (Lipinski definition) is 4. The molecule has 2 aromatic heterocycles. The number of pyridine rings is 1. The van der Waals surface area contributed by atoms with Crippen molar-refractivity contribution in [2.24, 2.45) is 0 Å². The third-order valence-electron chi connectivity index (χ3n) is 4.97. The molecule has 1 unspecified atom stereocenters. The second-order valence-electron chi connectivity index (χ2n) is 7.26. The second kappa shape index (κ2) is 8.99. The van der Waals surface area contributed by atoms with Gasteiger partial charge in [0.05, 0.1) is 30.5 Å². The molecule has 3 heterocycles. The van der Waals surface area contributed by atoms with Gasteiger partial charge in [0.25, 0.3) is 0 Å². The number of carbonyl (C=O) groups excluding carboxylic acids is 1. The van der Waals surface area contributed by atoms with E-state index in [-0.39, 0.29) is 12.1 Å². The van der Waals surface area contributed by atoms with Crippen molar-refractivity contribution in [3.63, 3.8) is 0 Å². The number of nitrogens with one attached hydrogen (secondary N) is 2. The van der Waals surface area contributed by atoms with E-state index in [9.17, 15) is 4.79 Å². The predicted molar refractivity (Wildman–Crippen MR) is 105 cm³/mol. The summed E-state index contributed by atoms with van der Waals surface area (Å²) in [5, 5.41) is 10.5. The van der Waals surface area contributed by atoms with Crippen molar-refractivity contribution >= 4 is 6.03 Å². The Kier molecular flexibility index (Phi) is 6.45. The summed E-state index contributed by atoms with van der Waals surface area (Å²) in [4.78, 5) is 18.9. The lowest BCUT2D eigenvalue weighted by Crippen LogP contribution is -2.36. The summed E-state index contributed by atoms with van der Waals surface area (Å²) in [6.45, 7) is 10.6. The van der Waals surface area contributed by atoms with Crippen molar-refractivity contribution in [2.45, 2.75) is 59.3 Å². The van der Waals surface area contributed by atoms with Crippen LogP contribution < -0.4 is 10.6 Å². The smallest absolute Gasteiger partial charge is 0.315 e. The van der Waals surface area contributed by atoms with Crippen molar-refractivity contribution in [1.82, 2.24) is 30.3 Å². The molecule has 1 aliphatic rings. The average molecular weight is 371 g/mol. The van der Waals surface area contributed by atoms with Crippen molar-refractivity contribution < 1.29 is 4.79 Å². The molecule has 2 aromatic rings. The van der Waals surface area contributed by atoms with Crippen molar-refractivity contribution in [3.8, 4) is 0 Å². The third-order valence-corrected chi connectivity index (χ3v) is 4.97. The van der Waals surface area contributed by atoms with Crippen LogP contribution in [0.5, 0.6) is 0 Å². The molecule has 7 heteroatoms. The zero-order valence-corrected chi connectivity index (χ0v) is 16.5. The molecule has 0 saturated carbocycles. The number of carbonyl (C=O) groups is 1. The topological polar surface area (TPSA) is 75.1 Å². The Morgan fingerprint density at radius 2 is 2.19 bits per heavy atom. The van der Waals surface area contributed by atoms with E-state index in [0.717, 1.165) is 43.1 Å². The number of aromatic nitrogens is 3. The predicted octanol–water partition coefficient (Wildman–Crippen LogP) is 2.76. The average Bonchev–Trinajstić information content (AvgIpc) is 3.07. The quantitative estimate of drug-likeness (QED) is 0.786. The van der Waals surface area contributed by atoms with Gasteiger partial charge in [-0.05, 0) is 44.5 Å². The minimum absolute atomic E-state index is 0.0968. The molecule has 27 heavy (non-hydrogen) atoms. The van der Waals surface area contributed by atoms with Crippen LogP contribution in [0.4, 0.5) is 4.79 Å². The maximum Gasteiger partial charge on any atom is 0.315 e. The van der Waals surface area contributed by atoms with Crippen LogP contribution in [-0.2, 0) is 19.6 Å². The standard InChI is InChI=1S/C20H30N6O/c1-4-5-8-25-9-10-26-19(14-25)11-18(24-26)13-22-20(27)23-16(3)17-7-6-15(2)21-12-17/h6-7,11-12,16H,4-5,8-10,13-14H2,1-3H3,(H2,22,23,27). The molecule has 2 N–H and O–H groups in total. The summed E-state index contributed by atoms with van der Waals surface area (Å²) in [6.07, 6.45) is 4.25. The molecule has 0 fully saturated rings. The van der Waals surface area contributed by atoms with Crippen LogP contribution >= 0.6 is 0 Å². The van der Waals surface area contributed by atoms with Gasteiger partial charge in [-0.3, -0.25) is 14.6 Å². The Hall–Kier alpha value is -2.41. The number of fused-ring (bicyclic) bond motifs is 1. The minimum Gasteiger partial charge on any atom is -0.332 e. The van der Waals surface area contributed by atoms with Crippen LogP contribution in [0.3, 0.4) is 0 Å². The van der Waals surface area contributed by atoms with Gasteiger partial charge in [-0.15, -0.1) is 0 Å². The Morgan fingerprint density at radius 3 is 2.93 bits per heavy atom. The number of unbranched alkanes of at least 4 members (excludes halogenated alkanes) is 1. The van der Waals surface area contributed by atoms with E-state index in [1.165, 1.54) is 18.5 Å². The molecule has 7 nitrogen and oxygen atoms in total. The van der Waals surface area contributed by atoms with Gasteiger partial charge in [-0.25, -0.2) is 4.79 Å². The highest BCUT2D eigenvalue weighted by atomic mass is 16.2. The third kappa shape index (κ3) is 5.29. The van der Waals surface area contributed by atoms with Gasteiger partial charge < -0.3 is 10.6 Å². The van der Waals surface area contributed by atoms with Gasteiger partial charge in [0.15, 0.2) is 0 Å². The Morgan fingerprint density at radius 1 is 1.33 bits per heavy atom. The fraction of sp³-hybridized carbons (Fsp3) is 0.550. The number of urea groups is 1. The lowest BCUT2D eigenvalue weighted by atomic mass is 10.1. The van der Waals surface area contributed by atoms with Crippen LogP contribution in [-0.4, -0.2) is 38.8 Å². The van der Waals surface area contributed by atoms with E-state index >= 15 is 0 Å². The zero-order chi connectivity index (χ0) is 19.2. The van der Waals surface area contributed by atoms with Crippen molar-refractivity contribution in [1.29, 1.82) is 0 Å². The molecule has 0 spiro atoms. The zero-order valence-electron chi connectivity index (χ0n) is 16.5. The van der Waals surface area contributed by atoms with E-state index in [1.54, 1.807) is 6.20 Å². The number of aryl methyl sites for hydroxylation is 1. The first kappa shape index (κ1) is 19.4. The van der Waals surface area contributed by atoms with E-state index in [4.69, 9.17) is 0 Å². The Bertz CT molecular complexity index is 754. The maximum absolute atomic E-state index is 12.2. The first-order valence-electron chi connectivity index (χ1n) is 9.80. The summed E-state index contributed by atoms with van der Waals surface area (Å²) in [6, 6.07) is 5.75. The maximum atomic E-state index is 12.2. The van der Waals surface area contributed by atoms with Gasteiger partial charge in [0.1, 0.15) is 0 Å². The summed E-state index contributed by atoms with van der Waals surface area (Å²) >= 11 is 0. The first-order valence-corrected chi connectivity index (χ1v) is 9.80. The van der Waals surface area contributed by atoms with Gasteiger partial charge in [-0.2, -0.15) is 5.10 Å². The van der Waals surface area contributed by atoms with Crippen LogP contribution in [0.25, 0.3) is 0 Å². The van der Waals surface area contributed by atoms with E-state index in [1.807, 2.05) is 26.0 Å².